The van der Waals surface area contributed by atoms with Gasteiger partial charge in [-0.1, -0.05) is 19.0 Å². The monoisotopic (exact) mass is 298 g/mol. The van der Waals surface area contributed by atoms with Crippen LogP contribution in [0.15, 0.2) is 4.52 Å². The molecule has 1 unspecified atom stereocenters. The minimum absolute atomic E-state index is 0.127. The zero-order chi connectivity index (χ0) is 14.7. The fourth-order valence-corrected chi connectivity index (χ4v) is 3.10. The third kappa shape index (κ3) is 3.54. The zero-order valence-corrected chi connectivity index (χ0v) is 13.2. The first-order valence-corrected chi connectivity index (χ1v) is 7.75. The molecule has 2 heterocycles. The highest BCUT2D eigenvalue weighted by molar-refractivity contribution is 6.29. The fraction of sp³-hybridized carbons (Fsp3) is 0.733. The second-order valence-corrected chi connectivity index (χ2v) is 6.36. The quantitative estimate of drug-likeness (QED) is 0.858. The molecule has 1 aliphatic heterocycles. The van der Waals surface area contributed by atoms with Crippen LogP contribution in [0.25, 0.3) is 0 Å². The van der Waals surface area contributed by atoms with Crippen LogP contribution in [0.2, 0.25) is 5.22 Å². The van der Waals surface area contributed by atoms with Crippen molar-refractivity contribution in [3.8, 4) is 0 Å². The number of amides is 1. The Hall–Kier alpha value is -1.03. The molecule has 1 aromatic heterocycles. The molecule has 0 radical (unpaired) electrons. The maximum absolute atomic E-state index is 12.4. The molecule has 1 amide bonds. The van der Waals surface area contributed by atoms with E-state index < -0.39 is 0 Å². The molecule has 0 aliphatic carbocycles. The van der Waals surface area contributed by atoms with Crippen molar-refractivity contribution in [3.63, 3.8) is 0 Å². The molecule has 2 rings (SSSR count). The van der Waals surface area contributed by atoms with Gasteiger partial charge in [-0.25, -0.2) is 0 Å². The minimum Gasteiger partial charge on any atom is -0.344 e. The summed E-state index contributed by atoms with van der Waals surface area (Å²) in [5.74, 6) is 1.55. The highest BCUT2D eigenvalue weighted by Gasteiger charge is 2.24. The number of aryl methyl sites for hydroxylation is 1. The van der Waals surface area contributed by atoms with Crippen LogP contribution in [0.1, 0.15) is 44.4 Å². The van der Waals surface area contributed by atoms with Gasteiger partial charge in [0.2, 0.25) is 11.1 Å². The van der Waals surface area contributed by atoms with Gasteiger partial charge in [-0.3, -0.25) is 4.79 Å². The van der Waals surface area contributed by atoms with Crippen LogP contribution >= 0.6 is 11.6 Å². The molecule has 1 fully saturated rings. The molecule has 1 aliphatic rings. The van der Waals surface area contributed by atoms with Gasteiger partial charge in [-0.2, -0.15) is 0 Å². The van der Waals surface area contributed by atoms with Crippen LogP contribution in [0.4, 0.5) is 0 Å². The molecule has 0 saturated carbocycles. The van der Waals surface area contributed by atoms with Crippen molar-refractivity contribution in [3.05, 3.63) is 16.5 Å². The SMILES string of the molecule is Cc1noc(Cl)c1CC(=O)N1CCCC(C(C)C)CC1. The molecule has 0 bridgehead atoms. The van der Waals surface area contributed by atoms with Gasteiger partial charge in [0, 0.05) is 18.7 Å². The average Bonchev–Trinajstić information content (AvgIpc) is 2.64. The van der Waals surface area contributed by atoms with Crippen molar-refractivity contribution in [1.29, 1.82) is 0 Å². The predicted molar refractivity (Wildman–Crippen MR) is 78.7 cm³/mol. The first-order chi connectivity index (χ1) is 9.49. The van der Waals surface area contributed by atoms with E-state index in [0.717, 1.165) is 37.4 Å². The number of hydrogen-bond donors (Lipinski definition) is 0. The number of halogens is 1. The van der Waals surface area contributed by atoms with Crippen molar-refractivity contribution in [2.75, 3.05) is 13.1 Å². The van der Waals surface area contributed by atoms with E-state index in [1.54, 1.807) is 0 Å². The van der Waals surface area contributed by atoms with E-state index in [2.05, 4.69) is 19.0 Å². The van der Waals surface area contributed by atoms with Crippen molar-refractivity contribution in [2.24, 2.45) is 11.8 Å². The number of likely N-dealkylation sites (tertiary alicyclic amines) is 1. The molecule has 4 nitrogen and oxygen atoms in total. The topological polar surface area (TPSA) is 46.3 Å². The molecule has 0 aromatic carbocycles. The molecule has 1 saturated heterocycles. The molecular weight excluding hydrogens is 276 g/mol. The lowest BCUT2D eigenvalue weighted by molar-refractivity contribution is -0.130. The molecular formula is C15H23ClN2O2. The summed E-state index contributed by atoms with van der Waals surface area (Å²) in [6.45, 7) is 8.05. The summed E-state index contributed by atoms with van der Waals surface area (Å²) in [5.41, 5.74) is 1.43. The number of rotatable bonds is 3. The second kappa shape index (κ2) is 6.61. The number of carbonyl (C=O) groups is 1. The van der Waals surface area contributed by atoms with Crippen molar-refractivity contribution < 1.29 is 9.32 Å². The lowest BCUT2D eigenvalue weighted by Gasteiger charge is -2.21. The lowest BCUT2D eigenvalue weighted by Crippen LogP contribution is -2.33. The van der Waals surface area contributed by atoms with Gasteiger partial charge in [0.05, 0.1) is 12.1 Å². The highest BCUT2D eigenvalue weighted by atomic mass is 35.5. The van der Waals surface area contributed by atoms with Crippen LogP contribution in [-0.2, 0) is 11.2 Å². The molecule has 5 heteroatoms. The normalized spacial score (nSPS) is 20.2. The predicted octanol–water partition coefficient (Wildman–Crippen LogP) is 3.46. The van der Waals surface area contributed by atoms with E-state index >= 15 is 0 Å². The Morgan fingerprint density at radius 2 is 2.20 bits per heavy atom. The van der Waals surface area contributed by atoms with Crippen LogP contribution < -0.4 is 0 Å². The van der Waals surface area contributed by atoms with Gasteiger partial charge in [0.25, 0.3) is 0 Å². The third-order valence-corrected chi connectivity index (χ3v) is 4.63. The van der Waals surface area contributed by atoms with E-state index in [9.17, 15) is 4.79 Å². The van der Waals surface area contributed by atoms with Gasteiger partial charge in [0.1, 0.15) is 0 Å². The number of aromatic nitrogens is 1. The average molecular weight is 299 g/mol. The van der Waals surface area contributed by atoms with Gasteiger partial charge in [-0.15, -0.1) is 0 Å². The first-order valence-electron chi connectivity index (χ1n) is 7.37. The summed E-state index contributed by atoms with van der Waals surface area (Å²) < 4.78 is 4.90. The fourth-order valence-electron chi connectivity index (χ4n) is 2.86. The Bertz CT molecular complexity index is 451. The smallest absolute Gasteiger partial charge is 0.229 e. The van der Waals surface area contributed by atoms with E-state index in [1.165, 1.54) is 6.42 Å². The summed E-state index contributed by atoms with van der Waals surface area (Å²) in [7, 11) is 0. The van der Waals surface area contributed by atoms with Gasteiger partial charge >= 0.3 is 0 Å². The minimum atomic E-state index is 0.127. The number of nitrogens with zero attached hydrogens (tertiary/aromatic N) is 2. The van der Waals surface area contributed by atoms with Crippen LogP contribution in [0, 0.1) is 18.8 Å². The molecule has 0 N–H and O–H groups in total. The lowest BCUT2D eigenvalue weighted by atomic mass is 9.89. The first kappa shape index (κ1) is 15.4. The van der Waals surface area contributed by atoms with Gasteiger partial charge < -0.3 is 9.42 Å². The molecule has 0 spiro atoms. The van der Waals surface area contributed by atoms with Crippen LogP contribution in [-0.4, -0.2) is 29.1 Å². The Morgan fingerprint density at radius 3 is 2.80 bits per heavy atom. The van der Waals surface area contributed by atoms with E-state index in [0.29, 0.717) is 18.0 Å². The summed E-state index contributed by atoms with van der Waals surface area (Å²) >= 11 is 5.93. The third-order valence-electron chi connectivity index (χ3n) is 4.33. The van der Waals surface area contributed by atoms with E-state index in [1.807, 2.05) is 11.8 Å². The maximum Gasteiger partial charge on any atom is 0.229 e. The largest absolute Gasteiger partial charge is 0.344 e. The summed E-state index contributed by atoms with van der Waals surface area (Å²) in [6.07, 6.45) is 3.69. The van der Waals surface area contributed by atoms with Gasteiger partial charge in [0.15, 0.2) is 0 Å². The van der Waals surface area contributed by atoms with E-state index in [4.69, 9.17) is 16.1 Å². The standard InChI is InChI=1S/C15H23ClN2O2/c1-10(2)12-5-4-7-18(8-6-12)14(19)9-13-11(3)17-20-15(13)16/h10,12H,4-9H2,1-3H3. The number of carbonyl (C=O) groups excluding carboxylic acids is 1. The van der Waals surface area contributed by atoms with Crippen LogP contribution in [0.3, 0.4) is 0 Å². The van der Waals surface area contributed by atoms with Crippen molar-refractivity contribution in [1.82, 2.24) is 10.1 Å². The molecule has 1 atom stereocenters. The maximum atomic E-state index is 12.4. The Balaban J connectivity index is 1.96. The highest BCUT2D eigenvalue weighted by Crippen LogP contribution is 2.26. The summed E-state index contributed by atoms with van der Waals surface area (Å²) in [4.78, 5) is 14.4. The summed E-state index contributed by atoms with van der Waals surface area (Å²) in [6, 6.07) is 0. The Labute approximate surface area is 125 Å². The Morgan fingerprint density at radius 1 is 1.45 bits per heavy atom. The molecule has 112 valence electrons. The van der Waals surface area contributed by atoms with Gasteiger partial charge in [-0.05, 0) is 49.6 Å². The number of hydrogen-bond acceptors (Lipinski definition) is 3. The molecule has 1 aromatic rings. The summed E-state index contributed by atoms with van der Waals surface area (Å²) in [5, 5.41) is 4.03. The van der Waals surface area contributed by atoms with Crippen LogP contribution in [0.5, 0.6) is 0 Å². The van der Waals surface area contributed by atoms with Crippen molar-refractivity contribution >= 4 is 17.5 Å². The second-order valence-electron chi connectivity index (χ2n) is 6.01. The van der Waals surface area contributed by atoms with E-state index in [-0.39, 0.29) is 11.1 Å². The molecule has 20 heavy (non-hydrogen) atoms. The zero-order valence-electron chi connectivity index (χ0n) is 12.5. The van der Waals surface area contributed by atoms with Crippen molar-refractivity contribution in [2.45, 2.75) is 46.5 Å². The Kier molecular flexibility index (Phi) is 5.08.